The predicted octanol–water partition coefficient (Wildman–Crippen LogP) is 1.24. The van der Waals surface area contributed by atoms with Gasteiger partial charge in [0, 0.05) is 25.4 Å². The average Bonchev–Trinajstić information content (AvgIpc) is 2.70. The minimum Gasteiger partial charge on any atom is -0.345 e. The van der Waals surface area contributed by atoms with Gasteiger partial charge in [-0.1, -0.05) is 0 Å². The topological polar surface area (TPSA) is 81.8 Å². The van der Waals surface area contributed by atoms with E-state index in [9.17, 15) is 9.59 Å². The summed E-state index contributed by atoms with van der Waals surface area (Å²) in [7, 11) is 3.41. The smallest absolute Gasteiger partial charge is 0.279 e. The lowest BCUT2D eigenvalue weighted by molar-refractivity contribution is 0.0936. The zero-order chi connectivity index (χ0) is 17.5. The van der Waals surface area contributed by atoms with Gasteiger partial charge in [0.05, 0.1) is 17.4 Å². The summed E-state index contributed by atoms with van der Waals surface area (Å²) in [5.41, 5.74) is 3.86. The van der Waals surface area contributed by atoms with Gasteiger partial charge in [-0.05, 0) is 40.2 Å². The molecular formula is C16H23N5O2. The number of aromatic nitrogens is 4. The third-order valence-corrected chi connectivity index (χ3v) is 4.30. The Morgan fingerprint density at radius 1 is 1.04 bits per heavy atom. The Bertz CT molecular complexity index is 832. The summed E-state index contributed by atoms with van der Waals surface area (Å²) < 4.78 is 2.98. The molecule has 0 bridgehead atoms. The number of amides is 1. The normalized spacial score (nSPS) is 12.3. The molecule has 0 aromatic carbocycles. The first-order chi connectivity index (χ1) is 10.6. The summed E-state index contributed by atoms with van der Waals surface area (Å²) in [4.78, 5) is 24.9. The van der Waals surface area contributed by atoms with Crippen molar-refractivity contribution in [1.29, 1.82) is 0 Å². The molecule has 0 spiro atoms. The molecule has 7 heteroatoms. The Morgan fingerprint density at radius 2 is 1.61 bits per heavy atom. The summed E-state index contributed by atoms with van der Waals surface area (Å²) in [6, 6.07) is -0.242. The number of nitrogens with zero attached hydrogens (tertiary/aromatic N) is 4. The molecule has 2 aromatic rings. The second kappa shape index (κ2) is 5.98. The Hall–Kier alpha value is -2.44. The van der Waals surface area contributed by atoms with E-state index in [4.69, 9.17) is 0 Å². The van der Waals surface area contributed by atoms with Crippen LogP contribution in [0.3, 0.4) is 0 Å². The van der Waals surface area contributed by atoms with Crippen molar-refractivity contribution in [3.8, 4) is 0 Å². The molecule has 1 atom stereocenters. The average molecular weight is 317 g/mol. The van der Waals surface area contributed by atoms with E-state index in [1.54, 1.807) is 25.6 Å². The quantitative estimate of drug-likeness (QED) is 0.923. The lowest BCUT2D eigenvalue weighted by Crippen LogP contribution is -2.36. The highest BCUT2D eigenvalue weighted by Gasteiger charge is 2.22. The molecule has 1 amide bonds. The van der Waals surface area contributed by atoms with Crippen LogP contribution in [0.25, 0.3) is 0 Å². The minimum absolute atomic E-state index is 0.144. The van der Waals surface area contributed by atoms with E-state index in [0.717, 1.165) is 17.0 Å². The zero-order valence-corrected chi connectivity index (χ0v) is 14.7. The van der Waals surface area contributed by atoms with Gasteiger partial charge in [0.2, 0.25) is 0 Å². The second-order valence-electron chi connectivity index (χ2n) is 5.92. The van der Waals surface area contributed by atoms with E-state index in [-0.39, 0.29) is 17.5 Å². The van der Waals surface area contributed by atoms with Gasteiger partial charge in [-0.3, -0.25) is 14.3 Å². The van der Waals surface area contributed by atoms with Crippen molar-refractivity contribution in [3.63, 3.8) is 0 Å². The number of hydrogen-bond acceptors (Lipinski definition) is 4. The monoisotopic (exact) mass is 317 g/mol. The van der Waals surface area contributed by atoms with Crippen molar-refractivity contribution < 1.29 is 4.79 Å². The fourth-order valence-corrected chi connectivity index (χ4v) is 2.87. The van der Waals surface area contributed by atoms with Gasteiger partial charge in [0.1, 0.15) is 5.56 Å². The molecule has 2 rings (SSSR count). The highest BCUT2D eigenvalue weighted by atomic mass is 16.2. The van der Waals surface area contributed by atoms with Crippen molar-refractivity contribution in [2.24, 2.45) is 14.1 Å². The molecule has 2 aromatic heterocycles. The highest BCUT2D eigenvalue weighted by Crippen LogP contribution is 2.21. The minimum atomic E-state index is -0.391. The van der Waals surface area contributed by atoms with Gasteiger partial charge < -0.3 is 5.32 Å². The molecule has 0 aliphatic carbocycles. The fourth-order valence-electron chi connectivity index (χ4n) is 2.87. The number of hydrogen-bond donors (Lipinski definition) is 1. The molecule has 0 aliphatic heterocycles. The largest absolute Gasteiger partial charge is 0.345 e. The maximum atomic E-state index is 12.6. The zero-order valence-electron chi connectivity index (χ0n) is 14.7. The molecule has 124 valence electrons. The third kappa shape index (κ3) is 2.91. The van der Waals surface area contributed by atoms with Crippen LogP contribution in [0.1, 0.15) is 51.5 Å². The number of carbonyl (C=O) groups excluding carboxylic acids is 1. The third-order valence-electron chi connectivity index (χ3n) is 4.30. The first-order valence-electron chi connectivity index (χ1n) is 7.50. The summed E-state index contributed by atoms with van der Waals surface area (Å²) in [6.45, 7) is 9.28. The van der Waals surface area contributed by atoms with Gasteiger partial charge in [-0.2, -0.15) is 10.2 Å². The molecule has 1 N–H and O–H groups in total. The maximum Gasteiger partial charge on any atom is 0.279 e. The van der Waals surface area contributed by atoms with Crippen LogP contribution in [0, 0.1) is 27.7 Å². The van der Waals surface area contributed by atoms with E-state index in [2.05, 4.69) is 15.5 Å². The molecule has 2 heterocycles. The first-order valence-corrected chi connectivity index (χ1v) is 7.50. The molecule has 0 saturated heterocycles. The van der Waals surface area contributed by atoms with Crippen LogP contribution in [0.5, 0.6) is 0 Å². The Balaban J connectivity index is 2.39. The highest BCUT2D eigenvalue weighted by molar-refractivity contribution is 5.95. The van der Waals surface area contributed by atoms with E-state index < -0.39 is 5.56 Å². The standard InChI is InChI=1S/C16H23N5O2/c1-8-9(2)18-21(7)16(23)13(8)15(22)17-10(3)14-11(4)19-20(6)12(14)5/h10H,1-7H3,(H,17,22)/t10-/m1/s1. The first kappa shape index (κ1) is 16.9. The molecule has 7 nitrogen and oxygen atoms in total. The molecule has 23 heavy (non-hydrogen) atoms. The van der Waals surface area contributed by atoms with Crippen LogP contribution in [-0.2, 0) is 14.1 Å². The Morgan fingerprint density at radius 3 is 2.13 bits per heavy atom. The fraction of sp³-hybridized carbons (Fsp3) is 0.500. The van der Waals surface area contributed by atoms with Crippen LogP contribution in [0.2, 0.25) is 0 Å². The second-order valence-corrected chi connectivity index (χ2v) is 5.92. The van der Waals surface area contributed by atoms with Gasteiger partial charge in [0.25, 0.3) is 11.5 Å². The molecule has 0 fully saturated rings. The van der Waals surface area contributed by atoms with E-state index in [1.165, 1.54) is 4.68 Å². The maximum absolute atomic E-state index is 12.6. The lowest BCUT2D eigenvalue weighted by Gasteiger charge is -2.16. The van der Waals surface area contributed by atoms with Crippen molar-refractivity contribution in [3.05, 3.63) is 44.1 Å². The summed E-state index contributed by atoms with van der Waals surface area (Å²) in [6.07, 6.45) is 0. The van der Waals surface area contributed by atoms with Gasteiger partial charge >= 0.3 is 0 Å². The van der Waals surface area contributed by atoms with Gasteiger partial charge in [-0.15, -0.1) is 0 Å². The lowest BCUT2D eigenvalue weighted by atomic mass is 10.0. The van der Waals surface area contributed by atoms with Crippen LogP contribution >= 0.6 is 0 Å². The van der Waals surface area contributed by atoms with Crippen molar-refractivity contribution >= 4 is 5.91 Å². The Labute approximate surface area is 135 Å². The van der Waals surface area contributed by atoms with Crippen molar-refractivity contribution in [2.75, 3.05) is 0 Å². The van der Waals surface area contributed by atoms with Gasteiger partial charge in [0.15, 0.2) is 0 Å². The molecule has 0 saturated carbocycles. The SMILES string of the molecule is Cc1nn(C)c(=O)c(C(=O)N[C@H](C)c2c(C)nn(C)c2C)c1C. The summed E-state index contributed by atoms with van der Waals surface area (Å²) in [5, 5.41) is 11.4. The predicted molar refractivity (Wildman–Crippen MR) is 87.5 cm³/mol. The summed E-state index contributed by atoms with van der Waals surface area (Å²) >= 11 is 0. The van der Waals surface area contributed by atoms with E-state index in [0.29, 0.717) is 11.3 Å². The molecule has 0 unspecified atom stereocenters. The number of nitrogens with one attached hydrogen (secondary N) is 1. The van der Waals surface area contributed by atoms with Crippen LogP contribution < -0.4 is 10.9 Å². The van der Waals surface area contributed by atoms with Gasteiger partial charge in [-0.25, -0.2) is 4.68 Å². The summed E-state index contributed by atoms with van der Waals surface area (Å²) in [5.74, 6) is -0.385. The Kier molecular flexibility index (Phi) is 4.40. The molecular weight excluding hydrogens is 294 g/mol. The van der Waals surface area contributed by atoms with Crippen LogP contribution in [0.15, 0.2) is 4.79 Å². The molecule has 0 aliphatic rings. The number of rotatable bonds is 3. The molecule has 0 radical (unpaired) electrons. The van der Waals surface area contributed by atoms with E-state index in [1.807, 2.05) is 27.8 Å². The van der Waals surface area contributed by atoms with Crippen LogP contribution in [-0.4, -0.2) is 25.5 Å². The van der Waals surface area contributed by atoms with Crippen molar-refractivity contribution in [1.82, 2.24) is 24.9 Å². The van der Waals surface area contributed by atoms with E-state index >= 15 is 0 Å². The number of carbonyl (C=O) groups is 1. The van der Waals surface area contributed by atoms with Crippen molar-refractivity contribution in [2.45, 2.75) is 40.7 Å². The number of aryl methyl sites for hydroxylation is 4. The van der Waals surface area contributed by atoms with Crippen LogP contribution in [0.4, 0.5) is 0 Å².